The van der Waals surface area contributed by atoms with Crippen LogP contribution in [0.3, 0.4) is 0 Å². The minimum atomic E-state index is 0.823. The van der Waals surface area contributed by atoms with E-state index in [0.29, 0.717) is 0 Å². The highest BCUT2D eigenvalue weighted by Crippen LogP contribution is 2.22. The summed E-state index contributed by atoms with van der Waals surface area (Å²) >= 11 is 0. The van der Waals surface area contributed by atoms with Crippen molar-refractivity contribution in [2.45, 2.75) is 128 Å². The zero-order chi connectivity index (χ0) is 33.2. The minimum Gasteiger partial charge on any atom is -0.494 e. The van der Waals surface area contributed by atoms with Gasteiger partial charge in [0.15, 0.2) is 0 Å². The van der Waals surface area contributed by atoms with Gasteiger partial charge in [-0.25, -0.2) is 0 Å². The molecule has 0 fully saturated rings. The summed E-state index contributed by atoms with van der Waals surface area (Å²) in [5, 5.41) is 0. The first-order valence-electron chi connectivity index (χ1n) is 19.4. The Balaban J connectivity index is 0.936. The molecule has 4 aromatic carbocycles. The van der Waals surface area contributed by atoms with Gasteiger partial charge < -0.3 is 9.47 Å². The van der Waals surface area contributed by atoms with Gasteiger partial charge in [0.1, 0.15) is 11.5 Å². The van der Waals surface area contributed by atoms with Gasteiger partial charge >= 0.3 is 0 Å². The molecule has 0 heterocycles. The van der Waals surface area contributed by atoms with Crippen LogP contribution in [0.25, 0.3) is 0 Å². The summed E-state index contributed by atoms with van der Waals surface area (Å²) in [6.45, 7) is 1.65. The number of para-hydroxylation sites is 1. The van der Waals surface area contributed by atoms with E-state index in [1.165, 1.54) is 125 Å². The minimum absolute atomic E-state index is 0.823. The molecule has 2 heteroatoms. The molecule has 2 nitrogen and oxygen atoms in total. The summed E-state index contributed by atoms with van der Waals surface area (Å²) in [5.74, 6) is 2.14. The van der Waals surface area contributed by atoms with Crippen molar-refractivity contribution in [3.63, 3.8) is 0 Å². The molecule has 0 bridgehead atoms. The van der Waals surface area contributed by atoms with Gasteiger partial charge in [-0.2, -0.15) is 0 Å². The van der Waals surface area contributed by atoms with Crippen LogP contribution in [0, 0.1) is 0 Å². The fraction of sp³-hybridized carbons (Fsp3) is 0.478. The van der Waals surface area contributed by atoms with Crippen molar-refractivity contribution in [1.29, 1.82) is 0 Å². The second-order valence-electron chi connectivity index (χ2n) is 13.6. The fourth-order valence-electron chi connectivity index (χ4n) is 6.58. The normalized spacial score (nSPS) is 11.1. The first-order chi connectivity index (χ1) is 23.9. The van der Waals surface area contributed by atoms with Crippen LogP contribution in [-0.4, -0.2) is 13.2 Å². The van der Waals surface area contributed by atoms with Gasteiger partial charge in [0.2, 0.25) is 0 Å². The first-order valence-corrected chi connectivity index (χ1v) is 19.4. The molecule has 258 valence electrons. The Bertz CT molecular complexity index is 1330. The molecule has 0 aliphatic heterocycles. The molecule has 0 saturated carbocycles. The number of rotatable bonds is 27. The van der Waals surface area contributed by atoms with Crippen molar-refractivity contribution in [2.75, 3.05) is 13.2 Å². The Labute approximate surface area is 293 Å². The van der Waals surface area contributed by atoms with Crippen LogP contribution in [0.15, 0.2) is 109 Å². The highest BCUT2D eigenvalue weighted by atomic mass is 16.5. The lowest BCUT2D eigenvalue weighted by Crippen LogP contribution is -2.01. The van der Waals surface area contributed by atoms with Crippen LogP contribution in [-0.2, 0) is 25.7 Å². The Morgan fingerprint density at radius 2 is 0.750 bits per heavy atom. The summed E-state index contributed by atoms with van der Waals surface area (Å²) in [7, 11) is 0. The van der Waals surface area contributed by atoms with Crippen LogP contribution in [0.4, 0.5) is 0 Å². The number of hydrogen-bond acceptors (Lipinski definition) is 2. The lowest BCUT2D eigenvalue weighted by molar-refractivity contribution is 0.302. The molecule has 0 aliphatic rings. The number of hydrogen-bond donors (Lipinski definition) is 0. The zero-order valence-corrected chi connectivity index (χ0v) is 29.8. The van der Waals surface area contributed by atoms with Crippen molar-refractivity contribution < 1.29 is 9.47 Å². The molecule has 4 rings (SSSR count). The van der Waals surface area contributed by atoms with Gasteiger partial charge in [0, 0.05) is 0 Å². The molecule has 0 radical (unpaired) electrons. The van der Waals surface area contributed by atoms with E-state index in [-0.39, 0.29) is 0 Å². The number of ether oxygens (including phenoxy) is 2. The fourth-order valence-corrected chi connectivity index (χ4v) is 6.58. The average Bonchev–Trinajstić information content (AvgIpc) is 3.13. The van der Waals surface area contributed by atoms with Crippen molar-refractivity contribution in [3.05, 3.63) is 131 Å². The Morgan fingerprint density at radius 1 is 0.312 bits per heavy atom. The van der Waals surface area contributed by atoms with Gasteiger partial charge in [-0.3, -0.25) is 0 Å². The first kappa shape index (κ1) is 37.3. The van der Waals surface area contributed by atoms with E-state index in [9.17, 15) is 0 Å². The lowest BCUT2D eigenvalue weighted by atomic mass is 10.0. The lowest BCUT2D eigenvalue weighted by Gasteiger charge is -2.11. The maximum absolute atomic E-state index is 6.20. The van der Waals surface area contributed by atoms with Crippen molar-refractivity contribution in [3.8, 4) is 11.5 Å². The van der Waals surface area contributed by atoms with E-state index in [2.05, 4.69) is 109 Å². The second-order valence-corrected chi connectivity index (χ2v) is 13.6. The maximum atomic E-state index is 6.20. The van der Waals surface area contributed by atoms with Crippen molar-refractivity contribution >= 4 is 0 Å². The van der Waals surface area contributed by atoms with Crippen LogP contribution in [0.2, 0.25) is 0 Å². The Morgan fingerprint density at radius 3 is 1.38 bits per heavy atom. The van der Waals surface area contributed by atoms with Gasteiger partial charge in [0.05, 0.1) is 13.2 Å². The Hall–Kier alpha value is -3.52. The third kappa shape index (κ3) is 16.5. The van der Waals surface area contributed by atoms with Gasteiger partial charge in [-0.05, 0) is 111 Å². The van der Waals surface area contributed by atoms with Crippen molar-refractivity contribution in [1.82, 2.24) is 0 Å². The molecule has 48 heavy (non-hydrogen) atoms. The van der Waals surface area contributed by atoms with E-state index in [0.717, 1.165) is 50.4 Å². The summed E-state index contributed by atoms with van der Waals surface area (Å²) in [4.78, 5) is 0. The quantitative estimate of drug-likeness (QED) is 0.0600. The van der Waals surface area contributed by atoms with E-state index in [1.54, 1.807) is 0 Å². The van der Waals surface area contributed by atoms with E-state index in [4.69, 9.17) is 9.47 Å². The smallest absolute Gasteiger partial charge is 0.122 e. The van der Waals surface area contributed by atoms with E-state index in [1.807, 2.05) is 0 Å². The maximum Gasteiger partial charge on any atom is 0.122 e. The average molecular weight is 647 g/mol. The molecule has 0 atom stereocenters. The monoisotopic (exact) mass is 646 g/mol. The van der Waals surface area contributed by atoms with E-state index >= 15 is 0 Å². The number of benzene rings is 4. The third-order valence-electron chi connectivity index (χ3n) is 9.46. The van der Waals surface area contributed by atoms with Gasteiger partial charge in [-0.1, -0.05) is 149 Å². The van der Waals surface area contributed by atoms with Crippen LogP contribution in [0.1, 0.15) is 125 Å². The van der Waals surface area contributed by atoms with Gasteiger partial charge in [-0.15, -0.1) is 0 Å². The number of unbranched alkanes of at least 4 members (excludes halogenated alkanes) is 13. The summed E-state index contributed by atoms with van der Waals surface area (Å²) in [5.41, 5.74) is 5.69. The molecular formula is C46H62O2. The zero-order valence-electron chi connectivity index (χ0n) is 29.8. The summed E-state index contributed by atoms with van der Waals surface area (Å²) < 4.78 is 12.3. The van der Waals surface area contributed by atoms with E-state index < -0.39 is 0 Å². The van der Waals surface area contributed by atoms with Crippen LogP contribution < -0.4 is 9.47 Å². The molecular weight excluding hydrogens is 585 g/mol. The molecule has 0 saturated heterocycles. The molecule has 0 amide bonds. The highest BCUT2D eigenvalue weighted by Gasteiger charge is 2.04. The molecule has 0 unspecified atom stereocenters. The standard InChI is InChI=1S/C46H62O2/c1(3-5-7-20-34-44-35-21-22-37-46(44)48-39-24-12-19-31-42-29-17-11-18-30-42)2-4-6-14-32-43-33-25-36-45(40-43)47-38-23-9-8-13-26-41-27-15-10-16-28-41/h10-11,15-18,21-22,25,27-30,33,35-37,40H,1-9,12-14,19-20,23-24,26,31-32,34,38-39H2. The topological polar surface area (TPSA) is 18.5 Å². The molecule has 0 aromatic heterocycles. The molecule has 0 N–H and O–H groups in total. The summed E-state index contributed by atoms with van der Waals surface area (Å²) in [6.07, 6.45) is 25.2. The summed E-state index contributed by atoms with van der Waals surface area (Å²) in [6, 6.07) is 39.1. The highest BCUT2D eigenvalue weighted by molar-refractivity contribution is 5.33. The number of aryl methyl sites for hydroxylation is 4. The van der Waals surface area contributed by atoms with Crippen LogP contribution >= 0.6 is 0 Å². The largest absolute Gasteiger partial charge is 0.494 e. The molecule has 0 spiro atoms. The van der Waals surface area contributed by atoms with Crippen LogP contribution in [0.5, 0.6) is 11.5 Å². The Kier molecular flexibility index (Phi) is 19.1. The van der Waals surface area contributed by atoms with Gasteiger partial charge in [0.25, 0.3) is 0 Å². The predicted octanol–water partition coefficient (Wildman–Crippen LogP) is 13.0. The SMILES string of the molecule is c1ccc(CCCCCCOc2cccc(CCCCCCCCCCCc3ccccc3OCCCCCc3ccccc3)c2)cc1. The second kappa shape index (κ2) is 24.6. The third-order valence-corrected chi connectivity index (χ3v) is 9.46. The molecule has 0 aliphatic carbocycles. The predicted molar refractivity (Wildman–Crippen MR) is 205 cm³/mol. The molecule has 4 aromatic rings. The van der Waals surface area contributed by atoms with Crippen molar-refractivity contribution in [2.24, 2.45) is 0 Å².